The second-order valence-electron chi connectivity index (χ2n) is 7.84. The van der Waals surface area contributed by atoms with Crippen molar-refractivity contribution >= 4 is 5.91 Å². The van der Waals surface area contributed by atoms with Crippen LogP contribution >= 0.6 is 0 Å². The molecular formula is C18H34N2O. The first-order chi connectivity index (χ1) is 9.92. The van der Waals surface area contributed by atoms with Gasteiger partial charge in [-0.3, -0.25) is 4.79 Å². The molecule has 0 aromatic rings. The molecule has 0 bridgehead atoms. The van der Waals surface area contributed by atoms with Gasteiger partial charge in [0.05, 0.1) is 0 Å². The number of nitrogens with zero attached hydrogens (tertiary/aromatic N) is 1. The van der Waals surface area contributed by atoms with Gasteiger partial charge in [-0.1, -0.05) is 27.2 Å². The van der Waals surface area contributed by atoms with Crippen molar-refractivity contribution in [3.8, 4) is 0 Å². The van der Waals surface area contributed by atoms with Gasteiger partial charge in [-0.2, -0.15) is 0 Å². The highest BCUT2D eigenvalue weighted by atomic mass is 16.2. The van der Waals surface area contributed by atoms with Crippen LogP contribution in [0.1, 0.15) is 72.6 Å². The molecule has 2 rings (SSSR count). The Morgan fingerprint density at radius 1 is 1.05 bits per heavy atom. The molecule has 1 N–H and O–H groups in total. The molecule has 2 aliphatic rings. The Hall–Kier alpha value is -0.570. The average molecular weight is 294 g/mol. The predicted molar refractivity (Wildman–Crippen MR) is 88.2 cm³/mol. The maximum Gasteiger partial charge on any atom is 0.219 e. The second kappa shape index (κ2) is 7.13. The normalized spacial score (nSPS) is 28.7. The minimum atomic E-state index is 0.232. The minimum absolute atomic E-state index is 0.232. The van der Waals surface area contributed by atoms with Crippen LogP contribution < -0.4 is 5.32 Å². The van der Waals surface area contributed by atoms with Crippen LogP contribution in [-0.2, 0) is 4.79 Å². The third-order valence-electron chi connectivity index (χ3n) is 6.16. The lowest BCUT2D eigenvalue weighted by Gasteiger charge is -2.41. The first kappa shape index (κ1) is 16.8. The van der Waals surface area contributed by atoms with E-state index in [0.717, 1.165) is 31.8 Å². The van der Waals surface area contributed by atoms with Crippen LogP contribution in [0.5, 0.6) is 0 Å². The first-order valence-electron chi connectivity index (χ1n) is 8.94. The van der Waals surface area contributed by atoms with E-state index in [9.17, 15) is 4.79 Å². The molecule has 0 radical (unpaired) electrons. The standard InChI is InChI=1S/C18H34N2O/c1-5-18(3,4)15-6-8-16(9-7-15)19-17-10-12-20(13-11-17)14(2)21/h15-17,19H,5-13H2,1-4H3. The van der Waals surface area contributed by atoms with Crippen molar-refractivity contribution in [3.63, 3.8) is 0 Å². The molecule has 1 saturated heterocycles. The summed E-state index contributed by atoms with van der Waals surface area (Å²) >= 11 is 0. The topological polar surface area (TPSA) is 32.3 Å². The molecule has 0 aromatic carbocycles. The Morgan fingerprint density at radius 3 is 2.05 bits per heavy atom. The van der Waals surface area contributed by atoms with Crippen LogP contribution in [0.15, 0.2) is 0 Å². The van der Waals surface area contributed by atoms with Crippen LogP contribution in [-0.4, -0.2) is 36.0 Å². The van der Waals surface area contributed by atoms with Crippen LogP contribution in [0.2, 0.25) is 0 Å². The number of nitrogens with one attached hydrogen (secondary N) is 1. The highest BCUT2D eigenvalue weighted by Crippen LogP contribution is 2.40. The molecule has 0 aromatic heterocycles. The SMILES string of the molecule is CCC(C)(C)C1CCC(NC2CCN(C(C)=O)CC2)CC1. The molecule has 0 atom stereocenters. The Labute approximate surface area is 130 Å². The van der Waals surface area contributed by atoms with Gasteiger partial charge in [0.2, 0.25) is 5.91 Å². The summed E-state index contributed by atoms with van der Waals surface area (Å²) in [5.74, 6) is 1.14. The molecule has 122 valence electrons. The summed E-state index contributed by atoms with van der Waals surface area (Å²) in [6.45, 7) is 10.7. The number of piperidine rings is 1. The van der Waals surface area contributed by atoms with Crippen molar-refractivity contribution in [1.29, 1.82) is 0 Å². The number of carbonyl (C=O) groups is 1. The molecule has 2 fully saturated rings. The van der Waals surface area contributed by atoms with Gasteiger partial charge in [0.15, 0.2) is 0 Å². The van der Waals surface area contributed by atoms with E-state index in [2.05, 4.69) is 26.1 Å². The largest absolute Gasteiger partial charge is 0.343 e. The van der Waals surface area contributed by atoms with Gasteiger partial charge in [0, 0.05) is 32.1 Å². The number of hydrogen-bond donors (Lipinski definition) is 1. The summed E-state index contributed by atoms with van der Waals surface area (Å²) < 4.78 is 0. The van der Waals surface area contributed by atoms with E-state index in [1.807, 2.05) is 4.90 Å². The smallest absolute Gasteiger partial charge is 0.219 e. The summed E-state index contributed by atoms with van der Waals surface area (Å²) in [5, 5.41) is 3.87. The number of carbonyl (C=O) groups excluding carboxylic acids is 1. The third kappa shape index (κ3) is 4.45. The van der Waals surface area contributed by atoms with Crippen LogP contribution in [0.4, 0.5) is 0 Å². The zero-order valence-corrected chi connectivity index (χ0v) is 14.5. The molecular weight excluding hydrogens is 260 g/mol. The Morgan fingerprint density at radius 2 is 1.57 bits per heavy atom. The van der Waals surface area contributed by atoms with Crippen molar-refractivity contribution in [2.24, 2.45) is 11.3 Å². The van der Waals surface area contributed by atoms with E-state index in [0.29, 0.717) is 17.5 Å². The summed E-state index contributed by atoms with van der Waals surface area (Å²) in [6.07, 6.45) is 8.97. The fourth-order valence-electron chi connectivity index (χ4n) is 4.02. The van der Waals surface area contributed by atoms with Gasteiger partial charge >= 0.3 is 0 Å². The Bertz CT molecular complexity index is 337. The van der Waals surface area contributed by atoms with Crippen molar-refractivity contribution in [2.45, 2.75) is 84.7 Å². The summed E-state index contributed by atoms with van der Waals surface area (Å²) in [7, 11) is 0. The van der Waals surface area contributed by atoms with Crippen molar-refractivity contribution in [1.82, 2.24) is 10.2 Å². The molecule has 1 heterocycles. The monoisotopic (exact) mass is 294 g/mol. The number of amides is 1. The number of rotatable bonds is 4. The van der Waals surface area contributed by atoms with Crippen molar-refractivity contribution < 1.29 is 4.79 Å². The van der Waals surface area contributed by atoms with Crippen LogP contribution in [0, 0.1) is 11.3 Å². The molecule has 3 nitrogen and oxygen atoms in total. The third-order valence-corrected chi connectivity index (χ3v) is 6.16. The van der Waals surface area contributed by atoms with Crippen molar-refractivity contribution in [2.75, 3.05) is 13.1 Å². The quantitative estimate of drug-likeness (QED) is 0.859. The minimum Gasteiger partial charge on any atom is -0.343 e. The number of likely N-dealkylation sites (tertiary alicyclic amines) is 1. The summed E-state index contributed by atoms with van der Waals surface area (Å²) in [4.78, 5) is 13.3. The molecule has 1 saturated carbocycles. The molecule has 3 heteroatoms. The fourth-order valence-corrected chi connectivity index (χ4v) is 4.02. The Balaban J connectivity index is 1.71. The highest BCUT2D eigenvalue weighted by Gasteiger charge is 2.32. The Kier molecular flexibility index (Phi) is 5.70. The van der Waals surface area contributed by atoms with E-state index < -0.39 is 0 Å². The van der Waals surface area contributed by atoms with E-state index in [4.69, 9.17) is 0 Å². The first-order valence-corrected chi connectivity index (χ1v) is 8.94. The fraction of sp³-hybridized carbons (Fsp3) is 0.944. The zero-order valence-electron chi connectivity index (χ0n) is 14.5. The lowest BCUT2D eigenvalue weighted by atomic mass is 9.69. The highest BCUT2D eigenvalue weighted by molar-refractivity contribution is 5.73. The predicted octanol–water partition coefficient (Wildman–Crippen LogP) is 3.58. The maximum absolute atomic E-state index is 11.4. The zero-order chi connectivity index (χ0) is 15.5. The van der Waals surface area contributed by atoms with Gasteiger partial charge in [-0.25, -0.2) is 0 Å². The van der Waals surface area contributed by atoms with Gasteiger partial charge < -0.3 is 10.2 Å². The summed E-state index contributed by atoms with van der Waals surface area (Å²) in [5.41, 5.74) is 0.512. The number of hydrogen-bond acceptors (Lipinski definition) is 2. The lowest BCUT2D eigenvalue weighted by Crippen LogP contribution is -2.48. The van der Waals surface area contributed by atoms with Gasteiger partial charge in [0.1, 0.15) is 0 Å². The molecule has 0 unspecified atom stereocenters. The average Bonchev–Trinajstić information content (AvgIpc) is 2.48. The van der Waals surface area contributed by atoms with Gasteiger partial charge in [-0.15, -0.1) is 0 Å². The molecule has 1 amide bonds. The van der Waals surface area contributed by atoms with E-state index >= 15 is 0 Å². The molecule has 0 spiro atoms. The van der Waals surface area contributed by atoms with Crippen LogP contribution in [0.25, 0.3) is 0 Å². The summed E-state index contributed by atoms with van der Waals surface area (Å²) in [6, 6.07) is 1.34. The van der Waals surface area contributed by atoms with E-state index in [1.165, 1.54) is 32.1 Å². The second-order valence-corrected chi connectivity index (χ2v) is 7.84. The van der Waals surface area contributed by atoms with E-state index in [-0.39, 0.29) is 5.91 Å². The van der Waals surface area contributed by atoms with Gasteiger partial charge in [-0.05, 0) is 49.9 Å². The molecule has 1 aliphatic heterocycles. The van der Waals surface area contributed by atoms with Crippen LogP contribution in [0.3, 0.4) is 0 Å². The van der Waals surface area contributed by atoms with Gasteiger partial charge in [0.25, 0.3) is 0 Å². The van der Waals surface area contributed by atoms with Crippen molar-refractivity contribution in [3.05, 3.63) is 0 Å². The molecule has 21 heavy (non-hydrogen) atoms. The lowest BCUT2D eigenvalue weighted by molar-refractivity contribution is -0.129. The van der Waals surface area contributed by atoms with E-state index in [1.54, 1.807) is 6.92 Å². The maximum atomic E-state index is 11.4. The molecule has 1 aliphatic carbocycles.